The minimum absolute atomic E-state index is 0.113. The van der Waals surface area contributed by atoms with E-state index in [1.54, 1.807) is 31.2 Å². The number of rotatable bonds is 4. The van der Waals surface area contributed by atoms with Gasteiger partial charge in [0.2, 0.25) is 0 Å². The van der Waals surface area contributed by atoms with E-state index in [9.17, 15) is 13.6 Å². The molecule has 5 heteroatoms. The largest absolute Gasteiger partial charge is 0.345 e. The number of hydrogen-bond donors (Lipinski definition) is 2. The molecule has 0 aliphatic carbocycles. The normalized spacial score (nSPS) is 12.0. The first kappa shape index (κ1) is 15.1. The van der Waals surface area contributed by atoms with E-state index in [2.05, 4.69) is 5.32 Å². The summed E-state index contributed by atoms with van der Waals surface area (Å²) in [4.78, 5) is 12.1. The van der Waals surface area contributed by atoms with Crippen molar-refractivity contribution in [3.05, 3.63) is 70.8 Å². The van der Waals surface area contributed by atoms with Crippen molar-refractivity contribution in [3.63, 3.8) is 0 Å². The Morgan fingerprint density at radius 2 is 1.86 bits per heavy atom. The molecule has 0 fully saturated rings. The van der Waals surface area contributed by atoms with Gasteiger partial charge in [-0.1, -0.05) is 12.1 Å². The number of carbonyl (C=O) groups excluding carboxylic acids is 1. The van der Waals surface area contributed by atoms with Gasteiger partial charge in [-0.25, -0.2) is 8.78 Å². The van der Waals surface area contributed by atoms with Crippen LogP contribution in [0.2, 0.25) is 0 Å². The van der Waals surface area contributed by atoms with Crippen LogP contribution in [0.15, 0.2) is 42.5 Å². The summed E-state index contributed by atoms with van der Waals surface area (Å²) in [6.45, 7) is 2.00. The molecule has 0 aliphatic heterocycles. The van der Waals surface area contributed by atoms with Gasteiger partial charge in [-0.3, -0.25) is 4.79 Å². The van der Waals surface area contributed by atoms with E-state index in [1.807, 2.05) is 0 Å². The van der Waals surface area contributed by atoms with Gasteiger partial charge in [-0.05, 0) is 42.8 Å². The summed E-state index contributed by atoms with van der Waals surface area (Å²) in [5.41, 5.74) is 6.95. The van der Waals surface area contributed by atoms with Crippen molar-refractivity contribution in [1.29, 1.82) is 0 Å². The molecule has 1 amide bonds. The Hall–Kier alpha value is -2.27. The van der Waals surface area contributed by atoms with Crippen molar-refractivity contribution >= 4 is 5.91 Å². The maximum atomic E-state index is 13.6. The van der Waals surface area contributed by atoms with Crippen LogP contribution < -0.4 is 11.1 Å². The van der Waals surface area contributed by atoms with Crippen molar-refractivity contribution in [2.75, 3.05) is 0 Å². The fraction of sp³-hybridized carbons (Fsp3) is 0.188. The number of carbonyl (C=O) groups is 1. The molecule has 0 heterocycles. The molecule has 21 heavy (non-hydrogen) atoms. The monoisotopic (exact) mass is 290 g/mol. The molecule has 0 saturated carbocycles. The lowest BCUT2D eigenvalue weighted by Crippen LogP contribution is -2.27. The molecule has 110 valence electrons. The maximum absolute atomic E-state index is 13.6. The van der Waals surface area contributed by atoms with Crippen LogP contribution in [-0.2, 0) is 6.54 Å². The highest BCUT2D eigenvalue weighted by atomic mass is 19.1. The highest BCUT2D eigenvalue weighted by Gasteiger charge is 2.15. The number of halogens is 2. The topological polar surface area (TPSA) is 55.1 Å². The van der Waals surface area contributed by atoms with Crippen LogP contribution >= 0.6 is 0 Å². The van der Waals surface area contributed by atoms with E-state index in [1.165, 1.54) is 0 Å². The van der Waals surface area contributed by atoms with Gasteiger partial charge in [0.1, 0.15) is 11.6 Å². The van der Waals surface area contributed by atoms with Crippen LogP contribution in [-0.4, -0.2) is 5.91 Å². The Kier molecular flexibility index (Phi) is 4.65. The molecule has 0 spiro atoms. The molecule has 0 bridgehead atoms. The van der Waals surface area contributed by atoms with Gasteiger partial charge in [-0.2, -0.15) is 0 Å². The number of amides is 1. The van der Waals surface area contributed by atoms with Crippen LogP contribution in [0.1, 0.15) is 34.5 Å². The molecule has 0 aliphatic rings. The quantitative estimate of drug-likeness (QED) is 0.909. The molecule has 2 aromatic carbocycles. The maximum Gasteiger partial charge on any atom is 0.251 e. The van der Waals surface area contributed by atoms with Crippen LogP contribution in [0.5, 0.6) is 0 Å². The van der Waals surface area contributed by atoms with E-state index >= 15 is 0 Å². The fourth-order valence-corrected chi connectivity index (χ4v) is 2.00. The Morgan fingerprint density at radius 1 is 1.19 bits per heavy atom. The minimum atomic E-state index is -0.637. The number of hydrogen-bond acceptors (Lipinski definition) is 2. The lowest BCUT2D eigenvalue weighted by Gasteiger charge is -2.15. The summed E-state index contributed by atoms with van der Waals surface area (Å²) in [7, 11) is 0. The molecule has 2 rings (SSSR count). The van der Waals surface area contributed by atoms with Crippen LogP contribution in [0.25, 0.3) is 0 Å². The Balaban J connectivity index is 2.12. The second kappa shape index (κ2) is 6.45. The first-order valence-electron chi connectivity index (χ1n) is 6.56. The van der Waals surface area contributed by atoms with E-state index in [-0.39, 0.29) is 11.5 Å². The van der Waals surface area contributed by atoms with Crippen molar-refractivity contribution in [2.24, 2.45) is 5.73 Å². The zero-order chi connectivity index (χ0) is 15.4. The third-order valence-electron chi connectivity index (χ3n) is 3.22. The molecular formula is C16H16F2N2O. The predicted molar refractivity (Wildman–Crippen MR) is 76.6 cm³/mol. The number of benzene rings is 2. The summed E-state index contributed by atoms with van der Waals surface area (Å²) >= 11 is 0. The molecule has 0 aromatic heterocycles. The smallest absolute Gasteiger partial charge is 0.251 e. The third kappa shape index (κ3) is 3.64. The van der Waals surface area contributed by atoms with Crippen LogP contribution in [0, 0.1) is 11.6 Å². The van der Waals surface area contributed by atoms with E-state index in [4.69, 9.17) is 5.73 Å². The average molecular weight is 290 g/mol. The number of nitrogens with two attached hydrogens (primary N) is 1. The van der Waals surface area contributed by atoms with Crippen LogP contribution in [0.3, 0.4) is 0 Å². The molecular weight excluding hydrogens is 274 g/mol. The van der Waals surface area contributed by atoms with Gasteiger partial charge in [0, 0.05) is 17.7 Å². The average Bonchev–Trinajstić information content (AvgIpc) is 2.49. The molecule has 1 unspecified atom stereocenters. The molecule has 2 aromatic rings. The Labute approximate surface area is 121 Å². The first-order chi connectivity index (χ1) is 10.0. The minimum Gasteiger partial charge on any atom is -0.345 e. The van der Waals surface area contributed by atoms with Gasteiger partial charge in [-0.15, -0.1) is 0 Å². The second-order valence-corrected chi connectivity index (χ2v) is 4.76. The highest BCUT2D eigenvalue weighted by molar-refractivity contribution is 5.94. The fourth-order valence-electron chi connectivity index (χ4n) is 2.00. The SMILES string of the molecule is CC(NC(=O)c1ccc(CN)cc1)c1cc(F)ccc1F. The van der Waals surface area contributed by atoms with E-state index < -0.39 is 17.7 Å². The Morgan fingerprint density at radius 3 is 2.48 bits per heavy atom. The summed E-state index contributed by atoms with van der Waals surface area (Å²) in [6, 6.07) is 9.32. The molecule has 3 nitrogen and oxygen atoms in total. The van der Waals surface area contributed by atoms with Gasteiger partial charge in [0.15, 0.2) is 0 Å². The van der Waals surface area contributed by atoms with Crippen molar-refractivity contribution in [1.82, 2.24) is 5.32 Å². The summed E-state index contributed by atoms with van der Waals surface area (Å²) < 4.78 is 26.8. The van der Waals surface area contributed by atoms with E-state index in [0.29, 0.717) is 12.1 Å². The van der Waals surface area contributed by atoms with Gasteiger partial charge in [0.25, 0.3) is 5.91 Å². The third-order valence-corrected chi connectivity index (χ3v) is 3.22. The summed E-state index contributed by atoms with van der Waals surface area (Å²) in [6.07, 6.45) is 0. The lowest BCUT2D eigenvalue weighted by molar-refractivity contribution is 0.0939. The molecule has 1 atom stereocenters. The first-order valence-corrected chi connectivity index (χ1v) is 6.56. The van der Waals surface area contributed by atoms with Crippen molar-refractivity contribution in [2.45, 2.75) is 19.5 Å². The van der Waals surface area contributed by atoms with Crippen molar-refractivity contribution < 1.29 is 13.6 Å². The van der Waals surface area contributed by atoms with Gasteiger partial charge < -0.3 is 11.1 Å². The molecule has 0 radical (unpaired) electrons. The molecule has 3 N–H and O–H groups in total. The van der Waals surface area contributed by atoms with Gasteiger partial charge >= 0.3 is 0 Å². The summed E-state index contributed by atoms with van der Waals surface area (Å²) in [5, 5.41) is 2.64. The number of nitrogens with one attached hydrogen (secondary N) is 1. The van der Waals surface area contributed by atoms with Gasteiger partial charge in [0.05, 0.1) is 6.04 Å². The Bertz CT molecular complexity index is 641. The standard InChI is InChI=1S/C16H16F2N2O/c1-10(14-8-13(17)6-7-15(14)18)20-16(21)12-4-2-11(9-19)3-5-12/h2-8,10H,9,19H2,1H3,(H,20,21). The predicted octanol–water partition coefficient (Wildman–Crippen LogP) is 2.91. The summed E-state index contributed by atoms with van der Waals surface area (Å²) in [5.74, 6) is -1.45. The molecule has 0 saturated heterocycles. The van der Waals surface area contributed by atoms with Crippen LogP contribution in [0.4, 0.5) is 8.78 Å². The second-order valence-electron chi connectivity index (χ2n) is 4.76. The highest BCUT2D eigenvalue weighted by Crippen LogP contribution is 2.18. The zero-order valence-electron chi connectivity index (χ0n) is 11.6. The van der Waals surface area contributed by atoms with Crippen molar-refractivity contribution in [3.8, 4) is 0 Å². The van der Waals surface area contributed by atoms with E-state index in [0.717, 1.165) is 23.8 Å². The lowest BCUT2D eigenvalue weighted by atomic mass is 10.1. The zero-order valence-corrected chi connectivity index (χ0v) is 11.6.